The largest absolute Gasteiger partial charge is 0.490 e. The van der Waals surface area contributed by atoms with Gasteiger partial charge in [-0.2, -0.15) is 0 Å². The van der Waals surface area contributed by atoms with Crippen LogP contribution in [0.3, 0.4) is 0 Å². The van der Waals surface area contributed by atoms with Gasteiger partial charge in [-0.25, -0.2) is 0 Å². The van der Waals surface area contributed by atoms with Crippen molar-refractivity contribution >= 4 is 0 Å². The van der Waals surface area contributed by atoms with Crippen LogP contribution in [0.4, 0.5) is 0 Å². The molecule has 4 nitrogen and oxygen atoms in total. The molecule has 16 heavy (non-hydrogen) atoms. The average Bonchev–Trinajstić information content (AvgIpc) is 2.31. The minimum absolute atomic E-state index is 0.194. The van der Waals surface area contributed by atoms with Gasteiger partial charge < -0.3 is 20.3 Å². The van der Waals surface area contributed by atoms with Gasteiger partial charge in [0.15, 0.2) is 11.5 Å². The summed E-state index contributed by atoms with van der Waals surface area (Å²) in [5, 5.41) is 9.62. The normalized spacial score (nSPS) is 12.2. The molecular weight excluding hydrogens is 206 g/mol. The molecule has 0 radical (unpaired) electrons. The summed E-state index contributed by atoms with van der Waals surface area (Å²) < 4.78 is 10.9. The number of rotatable bonds is 6. The van der Waals surface area contributed by atoms with Crippen molar-refractivity contribution in [1.82, 2.24) is 0 Å². The molecule has 1 rings (SSSR count). The molecule has 0 spiro atoms. The van der Waals surface area contributed by atoms with E-state index in [4.69, 9.17) is 15.2 Å². The molecule has 0 aliphatic heterocycles. The van der Waals surface area contributed by atoms with Gasteiger partial charge in [0.1, 0.15) is 0 Å². The maximum atomic E-state index is 9.62. The summed E-state index contributed by atoms with van der Waals surface area (Å²) in [5.41, 5.74) is 6.15. The zero-order chi connectivity index (χ0) is 12.0. The van der Waals surface area contributed by atoms with Crippen LogP contribution in [0.5, 0.6) is 11.5 Å². The van der Waals surface area contributed by atoms with Gasteiger partial charge >= 0.3 is 0 Å². The van der Waals surface area contributed by atoms with Crippen molar-refractivity contribution in [2.75, 3.05) is 19.8 Å². The summed E-state index contributed by atoms with van der Waals surface area (Å²) in [7, 11) is 0. The van der Waals surface area contributed by atoms with Crippen LogP contribution < -0.4 is 15.2 Å². The monoisotopic (exact) mass is 225 g/mol. The fraction of sp³-hybridized carbons (Fsp3) is 0.500. The standard InChI is InChI=1S/C12H19NO3/c1-3-15-11-6-5-9(10(14)8-13)7-12(11)16-4-2/h5-7,10,14H,3-4,8,13H2,1-2H3. The highest BCUT2D eigenvalue weighted by Crippen LogP contribution is 2.30. The highest BCUT2D eigenvalue weighted by molar-refractivity contribution is 5.43. The van der Waals surface area contributed by atoms with Gasteiger partial charge in [0, 0.05) is 6.54 Å². The summed E-state index contributed by atoms with van der Waals surface area (Å²) in [6, 6.07) is 5.36. The number of ether oxygens (including phenoxy) is 2. The Bertz CT molecular complexity index is 328. The zero-order valence-electron chi connectivity index (χ0n) is 9.77. The first-order valence-electron chi connectivity index (χ1n) is 5.50. The Morgan fingerprint density at radius 1 is 1.19 bits per heavy atom. The van der Waals surface area contributed by atoms with Crippen LogP contribution in [-0.2, 0) is 0 Å². The first-order valence-corrected chi connectivity index (χ1v) is 5.50. The SMILES string of the molecule is CCOc1ccc(C(O)CN)cc1OCC. The van der Waals surface area contributed by atoms with E-state index >= 15 is 0 Å². The van der Waals surface area contributed by atoms with E-state index in [9.17, 15) is 5.11 Å². The molecule has 0 heterocycles. The number of hydrogen-bond acceptors (Lipinski definition) is 4. The lowest BCUT2D eigenvalue weighted by Crippen LogP contribution is -2.11. The predicted molar refractivity (Wildman–Crippen MR) is 62.8 cm³/mol. The molecule has 0 aliphatic rings. The molecule has 1 atom stereocenters. The first-order chi connectivity index (χ1) is 7.72. The van der Waals surface area contributed by atoms with Crippen molar-refractivity contribution in [3.8, 4) is 11.5 Å². The third-order valence-electron chi connectivity index (χ3n) is 2.18. The van der Waals surface area contributed by atoms with Gasteiger partial charge in [0.05, 0.1) is 19.3 Å². The minimum Gasteiger partial charge on any atom is -0.490 e. The third-order valence-corrected chi connectivity index (χ3v) is 2.18. The van der Waals surface area contributed by atoms with E-state index in [1.807, 2.05) is 13.8 Å². The summed E-state index contributed by atoms with van der Waals surface area (Å²) in [6.45, 7) is 5.15. The lowest BCUT2D eigenvalue weighted by atomic mass is 10.1. The second-order valence-electron chi connectivity index (χ2n) is 3.32. The number of aliphatic hydroxyl groups excluding tert-OH is 1. The number of hydrogen-bond donors (Lipinski definition) is 2. The molecular formula is C12H19NO3. The van der Waals surface area contributed by atoms with E-state index in [0.29, 0.717) is 24.7 Å². The van der Waals surface area contributed by atoms with Crippen molar-refractivity contribution in [1.29, 1.82) is 0 Å². The molecule has 0 bridgehead atoms. The maximum absolute atomic E-state index is 9.62. The highest BCUT2D eigenvalue weighted by Gasteiger charge is 2.10. The van der Waals surface area contributed by atoms with Crippen molar-refractivity contribution in [3.63, 3.8) is 0 Å². The molecule has 0 aliphatic carbocycles. The number of aliphatic hydroxyl groups is 1. The van der Waals surface area contributed by atoms with Crippen molar-refractivity contribution < 1.29 is 14.6 Å². The topological polar surface area (TPSA) is 64.7 Å². The molecule has 1 aromatic rings. The second kappa shape index (κ2) is 6.35. The van der Waals surface area contributed by atoms with Crippen LogP contribution in [0.1, 0.15) is 25.5 Å². The van der Waals surface area contributed by atoms with E-state index in [-0.39, 0.29) is 6.54 Å². The Morgan fingerprint density at radius 3 is 2.38 bits per heavy atom. The Hall–Kier alpha value is -1.26. The molecule has 0 saturated heterocycles. The summed E-state index contributed by atoms with van der Waals surface area (Å²) in [5.74, 6) is 1.34. The van der Waals surface area contributed by atoms with Gasteiger partial charge in [-0.1, -0.05) is 6.07 Å². The molecule has 3 N–H and O–H groups in total. The van der Waals surface area contributed by atoms with Crippen molar-refractivity contribution in [3.05, 3.63) is 23.8 Å². The van der Waals surface area contributed by atoms with Gasteiger partial charge in [0.25, 0.3) is 0 Å². The van der Waals surface area contributed by atoms with E-state index in [0.717, 1.165) is 5.56 Å². The first kappa shape index (κ1) is 12.8. The van der Waals surface area contributed by atoms with Crippen LogP contribution in [-0.4, -0.2) is 24.9 Å². The van der Waals surface area contributed by atoms with Gasteiger partial charge in [-0.15, -0.1) is 0 Å². The average molecular weight is 225 g/mol. The zero-order valence-corrected chi connectivity index (χ0v) is 9.77. The summed E-state index contributed by atoms with van der Waals surface area (Å²) >= 11 is 0. The van der Waals surface area contributed by atoms with Gasteiger partial charge in [-0.3, -0.25) is 0 Å². The Labute approximate surface area is 96.0 Å². The predicted octanol–water partition coefficient (Wildman–Crippen LogP) is 1.48. The summed E-state index contributed by atoms with van der Waals surface area (Å²) in [6.07, 6.45) is -0.658. The van der Waals surface area contributed by atoms with Crippen molar-refractivity contribution in [2.45, 2.75) is 20.0 Å². The third kappa shape index (κ3) is 3.12. The second-order valence-corrected chi connectivity index (χ2v) is 3.32. The Balaban J connectivity index is 2.96. The Kier molecular flexibility index (Phi) is 5.08. The molecule has 90 valence electrons. The minimum atomic E-state index is -0.658. The van der Waals surface area contributed by atoms with Crippen molar-refractivity contribution in [2.24, 2.45) is 5.73 Å². The van der Waals surface area contributed by atoms with E-state index in [1.54, 1.807) is 18.2 Å². The smallest absolute Gasteiger partial charge is 0.161 e. The van der Waals surface area contributed by atoms with Crippen LogP contribution in [0, 0.1) is 0 Å². The molecule has 1 aromatic carbocycles. The number of nitrogens with two attached hydrogens (primary N) is 1. The number of benzene rings is 1. The molecule has 0 saturated carbocycles. The molecule has 0 fully saturated rings. The van der Waals surface area contributed by atoms with E-state index < -0.39 is 6.10 Å². The fourth-order valence-electron chi connectivity index (χ4n) is 1.41. The summed E-state index contributed by atoms with van der Waals surface area (Å²) in [4.78, 5) is 0. The fourth-order valence-corrected chi connectivity index (χ4v) is 1.41. The lowest BCUT2D eigenvalue weighted by Gasteiger charge is -2.14. The quantitative estimate of drug-likeness (QED) is 0.769. The lowest BCUT2D eigenvalue weighted by molar-refractivity contribution is 0.185. The van der Waals surface area contributed by atoms with Gasteiger partial charge in [0.2, 0.25) is 0 Å². The van der Waals surface area contributed by atoms with Crippen LogP contribution in [0.25, 0.3) is 0 Å². The molecule has 0 amide bonds. The van der Waals surface area contributed by atoms with Crippen LogP contribution >= 0.6 is 0 Å². The molecule has 1 unspecified atom stereocenters. The van der Waals surface area contributed by atoms with Crippen LogP contribution in [0.15, 0.2) is 18.2 Å². The van der Waals surface area contributed by atoms with E-state index in [2.05, 4.69) is 0 Å². The highest BCUT2D eigenvalue weighted by atomic mass is 16.5. The Morgan fingerprint density at radius 2 is 1.81 bits per heavy atom. The van der Waals surface area contributed by atoms with Crippen LogP contribution in [0.2, 0.25) is 0 Å². The maximum Gasteiger partial charge on any atom is 0.161 e. The van der Waals surface area contributed by atoms with E-state index in [1.165, 1.54) is 0 Å². The van der Waals surface area contributed by atoms with Gasteiger partial charge in [-0.05, 0) is 31.5 Å². The molecule has 0 aromatic heterocycles. The molecule has 4 heteroatoms.